The molecule has 1 unspecified atom stereocenters. The zero-order valence-corrected chi connectivity index (χ0v) is 14.1. The molecule has 4 nitrogen and oxygen atoms in total. The monoisotopic (exact) mass is 334 g/mol. The Morgan fingerprint density at radius 3 is 2.70 bits per heavy atom. The van der Waals surface area contributed by atoms with E-state index in [0.29, 0.717) is 16.1 Å². The molecule has 0 heterocycles. The van der Waals surface area contributed by atoms with Crippen molar-refractivity contribution >= 4 is 17.6 Å². The number of carbonyl (C=O) groups excluding carboxylic acids is 1. The third kappa shape index (κ3) is 4.03. The highest BCUT2D eigenvalue weighted by atomic mass is 35.5. The van der Waals surface area contributed by atoms with Crippen molar-refractivity contribution < 1.29 is 19.4 Å². The Hall–Kier alpha value is -2.04. The molecular weight excluding hydrogens is 316 g/mol. The average Bonchev–Trinajstić information content (AvgIpc) is 2.54. The molecule has 1 atom stereocenters. The van der Waals surface area contributed by atoms with Gasteiger partial charge >= 0.3 is 5.97 Å². The summed E-state index contributed by atoms with van der Waals surface area (Å²) in [4.78, 5) is 11.6. The first-order valence-electron chi connectivity index (χ1n) is 7.17. The number of esters is 1. The van der Waals surface area contributed by atoms with Gasteiger partial charge < -0.3 is 14.6 Å². The van der Waals surface area contributed by atoms with Gasteiger partial charge in [0.1, 0.15) is 12.4 Å². The number of aryl methyl sites for hydroxylation is 2. The van der Waals surface area contributed by atoms with Crippen LogP contribution in [0.15, 0.2) is 36.4 Å². The Morgan fingerprint density at radius 2 is 2.00 bits per heavy atom. The maximum atomic E-state index is 11.6. The molecule has 2 aromatic rings. The summed E-state index contributed by atoms with van der Waals surface area (Å²) in [7, 11) is 1.22. The second kappa shape index (κ2) is 7.49. The number of halogens is 1. The molecular formula is C18H19ClO4. The van der Waals surface area contributed by atoms with Gasteiger partial charge in [-0.05, 0) is 42.7 Å². The fourth-order valence-corrected chi connectivity index (χ4v) is 2.56. The molecule has 2 aromatic carbocycles. The molecule has 1 N–H and O–H groups in total. The lowest BCUT2D eigenvalue weighted by atomic mass is 10.0. The van der Waals surface area contributed by atoms with Crippen LogP contribution in [0.2, 0.25) is 5.02 Å². The van der Waals surface area contributed by atoms with Gasteiger partial charge in [0.05, 0.1) is 7.11 Å². The van der Waals surface area contributed by atoms with E-state index < -0.39 is 12.1 Å². The maximum absolute atomic E-state index is 11.6. The lowest BCUT2D eigenvalue weighted by molar-refractivity contribution is -0.150. The third-order valence-corrected chi connectivity index (χ3v) is 3.90. The van der Waals surface area contributed by atoms with E-state index in [1.165, 1.54) is 7.11 Å². The highest BCUT2D eigenvalue weighted by Crippen LogP contribution is 2.29. The van der Waals surface area contributed by atoms with Crippen LogP contribution in [0.25, 0.3) is 0 Å². The number of benzene rings is 2. The molecule has 23 heavy (non-hydrogen) atoms. The van der Waals surface area contributed by atoms with E-state index >= 15 is 0 Å². The van der Waals surface area contributed by atoms with Gasteiger partial charge in [-0.15, -0.1) is 0 Å². The lowest BCUT2D eigenvalue weighted by Crippen LogP contribution is -2.16. The fourth-order valence-electron chi connectivity index (χ4n) is 2.26. The van der Waals surface area contributed by atoms with Gasteiger partial charge in [0.25, 0.3) is 0 Å². The van der Waals surface area contributed by atoms with Crippen LogP contribution in [-0.4, -0.2) is 18.2 Å². The molecule has 122 valence electrons. The summed E-state index contributed by atoms with van der Waals surface area (Å²) in [5, 5.41) is 10.4. The van der Waals surface area contributed by atoms with Crippen LogP contribution in [0.4, 0.5) is 0 Å². The number of methoxy groups -OCH3 is 1. The first kappa shape index (κ1) is 17.3. The predicted molar refractivity (Wildman–Crippen MR) is 88.7 cm³/mol. The first-order valence-corrected chi connectivity index (χ1v) is 7.55. The van der Waals surface area contributed by atoms with Crippen molar-refractivity contribution in [1.82, 2.24) is 0 Å². The Labute approximate surface area is 140 Å². The van der Waals surface area contributed by atoms with Gasteiger partial charge in [-0.1, -0.05) is 35.9 Å². The zero-order chi connectivity index (χ0) is 17.0. The van der Waals surface area contributed by atoms with Gasteiger partial charge in [0, 0.05) is 10.6 Å². The van der Waals surface area contributed by atoms with E-state index in [-0.39, 0.29) is 6.61 Å². The van der Waals surface area contributed by atoms with Crippen LogP contribution in [0.3, 0.4) is 0 Å². The van der Waals surface area contributed by atoms with E-state index in [1.54, 1.807) is 18.2 Å². The minimum absolute atomic E-state index is 0.189. The molecule has 0 saturated heterocycles. The minimum atomic E-state index is -1.44. The minimum Gasteiger partial charge on any atom is -0.489 e. The fraction of sp³-hybridized carbons (Fsp3) is 0.278. The van der Waals surface area contributed by atoms with Gasteiger partial charge in [-0.25, -0.2) is 4.79 Å². The van der Waals surface area contributed by atoms with Crippen LogP contribution >= 0.6 is 11.6 Å². The Morgan fingerprint density at radius 1 is 1.26 bits per heavy atom. The largest absolute Gasteiger partial charge is 0.489 e. The lowest BCUT2D eigenvalue weighted by Gasteiger charge is -2.17. The number of aliphatic hydroxyl groups excluding tert-OH is 1. The van der Waals surface area contributed by atoms with Crippen LogP contribution < -0.4 is 4.74 Å². The maximum Gasteiger partial charge on any atom is 0.339 e. The van der Waals surface area contributed by atoms with E-state index in [9.17, 15) is 9.90 Å². The molecule has 2 rings (SSSR count). The second-order valence-corrected chi connectivity index (χ2v) is 5.70. The SMILES string of the molecule is COC(=O)C(O)c1c(Cl)cccc1COc1cc(C)ccc1C. The number of hydrogen-bond donors (Lipinski definition) is 1. The predicted octanol–water partition coefficient (Wildman–Crippen LogP) is 3.74. The zero-order valence-electron chi connectivity index (χ0n) is 13.3. The summed E-state index contributed by atoms with van der Waals surface area (Å²) < 4.78 is 10.4. The van der Waals surface area contributed by atoms with E-state index in [0.717, 1.165) is 16.9 Å². The van der Waals surface area contributed by atoms with Crippen molar-refractivity contribution in [3.8, 4) is 5.75 Å². The molecule has 0 aliphatic heterocycles. The normalized spacial score (nSPS) is 11.9. The van der Waals surface area contributed by atoms with Crippen molar-refractivity contribution in [3.63, 3.8) is 0 Å². The highest BCUT2D eigenvalue weighted by molar-refractivity contribution is 6.31. The Bertz CT molecular complexity index is 712. The summed E-state index contributed by atoms with van der Waals surface area (Å²) in [6, 6.07) is 11.1. The molecule has 0 saturated carbocycles. The van der Waals surface area contributed by atoms with Gasteiger partial charge in [0.15, 0.2) is 6.10 Å². The summed E-state index contributed by atoms with van der Waals surface area (Å²) in [6.45, 7) is 4.13. The third-order valence-electron chi connectivity index (χ3n) is 3.57. The van der Waals surface area contributed by atoms with Crippen molar-refractivity contribution in [2.24, 2.45) is 0 Å². The molecule has 0 radical (unpaired) electrons. The molecule has 0 fully saturated rings. The number of aliphatic hydroxyl groups is 1. The van der Waals surface area contributed by atoms with Crippen molar-refractivity contribution in [2.45, 2.75) is 26.6 Å². The number of rotatable bonds is 5. The number of ether oxygens (including phenoxy) is 2. The standard InChI is InChI=1S/C18H19ClO4/c1-11-7-8-12(2)15(9-11)23-10-13-5-4-6-14(19)16(13)17(20)18(21)22-3/h4-9,17,20H,10H2,1-3H3. The summed E-state index contributed by atoms with van der Waals surface area (Å²) in [5.74, 6) is -0.00503. The average molecular weight is 335 g/mol. The van der Waals surface area contributed by atoms with E-state index in [1.807, 2.05) is 32.0 Å². The summed E-state index contributed by atoms with van der Waals surface area (Å²) in [5.41, 5.74) is 3.04. The van der Waals surface area contributed by atoms with Crippen LogP contribution in [0.5, 0.6) is 5.75 Å². The first-order chi connectivity index (χ1) is 10.9. The molecule has 0 spiro atoms. The van der Waals surface area contributed by atoms with Gasteiger partial charge in [-0.3, -0.25) is 0 Å². The Balaban J connectivity index is 2.28. The molecule has 0 aromatic heterocycles. The molecule has 0 amide bonds. The highest BCUT2D eigenvalue weighted by Gasteiger charge is 2.24. The van der Waals surface area contributed by atoms with Gasteiger partial charge in [-0.2, -0.15) is 0 Å². The van der Waals surface area contributed by atoms with Crippen molar-refractivity contribution in [3.05, 3.63) is 63.7 Å². The van der Waals surface area contributed by atoms with E-state index in [4.69, 9.17) is 16.3 Å². The van der Waals surface area contributed by atoms with Crippen LogP contribution in [0.1, 0.15) is 28.4 Å². The molecule has 0 bridgehead atoms. The topological polar surface area (TPSA) is 55.8 Å². The number of hydrogen-bond acceptors (Lipinski definition) is 4. The molecule has 0 aliphatic rings. The summed E-state index contributed by atoms with van der Waals surface area (Å²) in [6.07, 6.45) is -1.44. The molecule has 0 aliphatic carbocycles. The van der Waals surface area contributed by atoms with Crippen LogP contribution in [0, 0.1) is 13.8 Å². The van der Waals surface area contributed by atoms with Crippen LogP contribution in [-0.2, 0) is 16.1 Å². The smallest absolute Gasteiger partial charge is 0.339 e. The molecule has 5 heteroatoms. The Kier molecular flexibility index (Phi) is 5.64. The number of carbonyl (C=O) groups is 1. The van der Waals surface area contributed by atoms with E-state index in [2.05, 4.69) is 4.74 Å². The quantitative estimate of drug-likeness (QED) is 0.846. The summed E-state index contributed by atoms with van der Waals surface area (Å²) >= 11 is 6.14. The second-order valence-electron chi connectivity index (χ2n) is 5.30. The van der Waals surface area contributed by atoms with Crippen molar-refractivity contribution in [2.75, 3.05) is 7.11 Å². The van der Waals surface area contributed by atoms with Crippen molar-refractivity contribution in [1.29, 1.82) is 0 Å². The van der Waals surface area contributed by atoms with Gasteiger partial charge in [0.2, 0.25) is 0 Å².